The summed E-state index contributed by atoms with van der Waals surface area (Å²) in [6, 6.07) is 2.74. The summed E-state index contributed by atoms with van der Waals surface area (Å²) in [5.41, 5.74) is -0.807. The Morgan fingerprint density at radius 3 is 2.57 bits per heavy atom. The molecule has 7 heteroatoms. The maximum atomic E-state index is 13.8. The van der Waals surface area contributed by atoms with Gasteiger partial charge in [0.05, 0.1) is 12.6 Å². The minimum atomic E-state index is -3.08. The molecule has 1 aliphatic rings. The van der Waals surface area contributed by atoms with E-state index in [4.69, 9.17) is 4.74 Å². The molecule has 0 aliphatic carbocycles. The number of carbonyl (C=O) groups excluding carboxylic acids is 1. The molecule has 1 aliphatic heterocycles. The van der Waals surface area contributed by atoms with Crippen LogP contribution in [0.1, 0.15) is 25.5 Å². The average Bonchev–Trinajstić information content (AvgIpc) is 2.71. The predicted molar refractivity (Wildman–Crippen MR) is 73.1 cm³/mol. The Kier molecular flexibility index (Phi) is 4.13. The zero-order chi connectivity index (χ0) is 15.7. The van der Waals surface area contributed by atoms with E-state index < -0.39 is 24.1 Å². The number of nitrogens with zero attached hydrogens (tertiary/aromatic N) is 2. The summed E-state index contributed by atoms with van der Waals surface area (Å²) in [6.45, 7) is 2.24. The van der Waals surface area contributed by atoms with Crippen LogP contribution in [0.5, 0.6) is 0 Å². The first-order valence-corrected chi connectivity index (χ1v) is 6.67. The van der Waals surface area contributed by atoms with Gasteiger partial charge in [0.25, 0.3) is 5.92 Å². The molecule has 2 amide bonds. The van der Waals surface area contributed by atoms with Crippen molar-refractivity contribution in [2.75, 3.05) is 20.3 Å². The van der Waals surface area contributed by atoms with Gasteiger partial charge in [-0.15, -0.1) is 0 Å². The molecular formula is C14H19F2N3O2. The predicted octanol–water partition coefficient (Wildman–Crippen LogP) is 2.21. The smallest absolute Gasteiger partial charge is 0.318 e. The summed E-state index contributed by atoms with van der Waals surface area (Å²) in [4.78, 5) is 17.5. The van der Waals surface area contributed by atoms with Gasteiger partial charge in [-0.1, -0.05) is 0 Å². The van der Waals surface area contributed by atoms with Crippen molar-refractivity contribution in [1.82, 2.24) is 15.2 Å². The monoisotopic (exact) mass is 299 g/mol. The number of urea groups is 1. The van der Waals surface area contributed by atoms with Crippen molar-refractivity contribution in [2.45, 2.75) is 31.4 Å². The minimum Gasteiger partial charge on any atom is -0.372 e. The molecule has 2 heterocycles. The third kappa shape index (κ3) is 2.97. The standard InChI is InChI=1S/C14H19F2N3O2/c1-10(11-4-6-17-7-5-11)19(3)12(20)18-13(2)8-21-9-14(13,15)16/h4-7,10H,8-9H2,1-3H3,(H,18,20)/t10-,13?/m0/s1. The summed E-state index contributed by atoms with van der Waals surface area (Å²) in [6.07, 6.45) is 3.25. The van der Waals surface area contributed by atoms with Crippen molar-refractivity contribution in [3.8, 4) is 0 Å². The molecule has 1 saturated heterocycles. The number of carbonyl (C=O) groups is 1. The number of nitrogens with one attached hydrogen (secondary N) is 1. The second-order valence-electron chi connectivity index (χ2n) is 5.53. The fourth-order valence-electron chi connectivity index (χ4n) is 2.14. The SMILES string of the molecule is C[C@@H](c1ccncc1)N(C)C(=O)NC1(C)COCC1(F)F. The molecular weight excluding hydrogens is 280 g/mol. The number of rotatable bonds is 3. The summed E-state index contributed by atoms with van der Waals surface area (Å²) in [5.74, 6) is -3.08. The lowest BCUT2D eigenvalue weighted by Crippen LogP contribution is -2.60. The topological polar surface area (TPSA) is 54.5 Å². The van der Waals surface area contributed by atoms with Crippen molar-refractivity contribution in [2.24, 2.45) is 0 Å². The van der Waals surface area contributed by atoms with Crippen molar-refractivity contribution in [3.05, 3.63) is 30.1 Å². The van der Waals surface area contributed by atoms with Crippen molar-refractivity contribution in [1.29, 1.82) is 0 Å². The zero-order valence-corrected chi connectivity index (χ0v) is 12.3. The summed E-state index contributed by atoms with van der Waals surface area (Å²) >= 11 is 0. The lowest BCUT2D eigenvalue weighted by Gasteiger charge is -2.34. The fraction of sp³-hybridized carbons (Fsp3) is 0.571. The largest absolute Gasteiger partial charge is 0.372 e. The Bertz CT molecular complexity index is 512. The number of pyridine rings is 1. The highest BCUT2D eigenvalue weighted by Crippen LogP contribution is 2.35. The maximum Gasteiger partial charge on any atom is 0.318 e. The van der Waals surface area contributed by atoms with E-state index in [0.717, 1.165) is 5.56 Å². The fourth-order valence-corrected chi connectivity index (χ4v) is 2.14. The second kappa shape index (κ2) is 5.55. The quantitative estimate of drug-likeness (QED) is 0.931. The van der Waals surface area contributed by atoms with E-state index in [-0.39, 0.29) is 12.6 Å². The Morgan fingerprint density at radius 1 is 1.43 bits per heavy atom. The molecule has 0 saturated carbocycles. The van der Waals surface area contributed by atoms with Crippen molar-refractivity contribution < 1.29 is 18.3 Å². The summed E-state index contributed by atoms with van der Waals surface area (Å²) in [5, 5.41) is 2.39. The van der Waals surface area contributed by atoms with Crippen LogP contribution >= 0.6 is 0 Å². The molecule has 0 spiro atoms. The number of amides is 2. The van der Waals surface area contributed by atoms with Crippen LogP contribution in [0.2, 0.25) is 0 Å². The van der Waals surface area contributed by atoms with Gasteiger partial charge in [-0.25, -0.2) is 13.6 Å². The highest BCUT2D eigenvalue weighted by atomic mass is 19.3. The van der Waals surface area contributed by atoms with Gasteiger partial charge >= 0.3 is 6.03 Å². The van der Waals surface area contributed by atoms with E-state index in [0.29, 0.717) is 0 Å². The Morgan fingerprint density at radius 2 is 2.05 bits per heavy atom. The van der Waals surface area contributed by atoms with Crippen LogP contribution in [0.3, 0.4) is 0 Å². The molecule has 1 fully saturated rings. The van der Waals surface area contributed by atoms with Crippen LogP contribution in [0.4, 0.5) is 13.6 Å². The molecule has 1 aromatic rings. The number of aromatic nitrogens is 1. The molecule has 0 radical (unpaired) electrons. The lowest BCUT2D eigenvalue weighted by molar-refractivity contribution is -0.0522. The molecule has 116 valence electrons. The van der Waals surface area contributed by atoms with Gasteiger partial charge in [0.1, 0.15) is 12.1 Å². The van der Waals surface area contributed by atoms with Gasteiger partial charge in [0.2, 0.25) is 0 Å². The van der Waals surface area contributed by atoms with Gasteiger partial charge in [-0.3, -0.25) is 4.98 Å². The first-order chi connectivity index (χ1) is 9.77. The molecule has 1 aromatic heterocycles. The molecule has 2 atom stereocenters. The first kappa shape index (κ1) is 15.6. The number of ether oxygens (including phenoxy) is 1. The molecule has 2 rings (SSSR count). The number of hydrogen-bond donors (Lipinski definition) is 1. The maximum absolute atomic E-state index is 13.8. The molecule has 1 unspecified atom stereocenters. The Balaban J connectivity index is 2.07. The molecule has 0 bridgehead atoms. The number of alkyl halides is 2. The Hall–Kier alpha value is -1.76. The van der Waals surface area contributed by atoms with Crippen molar-refractivity contribution in [3.63, 3.8) is 0 Å². The lowest BCUT2D eigenvalue weighted by atomic mass is 9.98. The van der Waals surface area contributed by atoms with Gasteiger partial charge < -0.3 is 15.0 Å². The van der Waals surface area contributed by atoms with Crippen LogP contribution < -0.4 is 5.32 Å². The van der Waals surface area contributed by atoms with Crippen LogP contribution in [-0.2, 0) is 4.74 Å². The van der Waals surface area contributed by atoms with E-state index in [1.165, 1.54) is 11.8 Å². The van der Waals surface area contributed by atoms with Crippen LogP contribution in [0.15, 0.2) is 24.5 Å². The van der Waals surface area contributed by atoms with E-state index in [1.807, 2.05) is 6.92 Å². The van der Waals surface area contributed by atoms with Crippen LogP contribution in [-0.4, -0.2) is 47.6 Å². The van der Waals surface area contributed by atoms with Gasteiger partial charge in [0, 0.05) is 19.4 Å². The average molecular weight is 299 g/mol. The van der Waals surface area contributed by atoms with Gasteiger partial charge in [-0.05, 0) is 31.5 Å². The Labute approximate surface area is 122 Å². The van der Waals surface area contributed by atoms with Gasteiger partial charge in [0.15, 0.2) is 0 Å². The second-order valence-corrected chi connectivity index (χ2v) is 5.53. The summed E-state index contributed by atoms with van der Waals surface area (Å²) < 4.78 is 32.4. The van der Waals surface area contributed by atoms with Crippen molar-refractivity contribution >= 4 is 6.03 Å². The molecule has 1 N–H and O–H groups in total. The molecule has 0 aromatic carbocycles. The van der Waals surface area contributed by atoms with E-state index in [2.05, 4.69) is 10.3 Å². The highest BCUT2D eigenvalue weighted by Gasteiger charge is 2.56. The highest BCUT2D eigenvalue weighted by molar-refractivity contribution is 5.75. The first-order valence-electron chi connectivity index (χ1n) is 6.67. The van der Waals surface area contributed by atoms with E-state index >= 15 is 0 Å². The van der Waals surface area contributed by atoms with Gasteiger partial charge in [-0.2, -0.15) is 0 Å². The third-order valence-corrected chi connectivity index (χ3v) is 3.95. The normalized spacial score (nSPS) is 25.4. The van der Waals surface area contributed by atoms with E-state index in [9.17, 15) is 13.6 Å². The number of hydrogen-bond acceptors (Lipinski definition) is 3. The third-order valence-electron chi connectivity index (χ3n) is 3.95. The summed E-state index contributed by atoms with van der Waals surface area (Å²) in [7, 11) is 1.57. The number of halogens is 2. The van der Waals surface area contributed by atoms with E-state index in [1.54, 1.807) is 31.6 Å². The molecule has 5 nitrogen and oxygen atoms in total. The zero-order valence-electron chi connectivity index (χ0n) is 12.3. The molecule has 21 heavy (non-hydrogen) atoms. The minimum absolute atomic E-state index is 0.205. The van der Waals surface area contributed by atoms with Crippen LogP contribution in [0, 0.1) is 0 Å². The van der Waals surface area contributed by atoms with Crippen LogP contribution in [0.25, 0.3) is 0 Å².